The third kappa shape index (κ3) is 5.50. The van der Waals surface area contributed by atoms with Crippen molar-refractivity contribution in [3.8, 4) is 28.6 Å². The Morgan fingerprint density at radius 1 is 1.16 bits per heavy atom. The number of methoxy groups -OCH3 is 2. The number of nitrogens with one attached hydrogen (secondary N) is 1. The first kappa shape index (κ1) is 22.5. The molecule has 31 heavy (non-hydrogen) atoms. The molecule has 0 saturated carbocycles. The molecule has 0 radical (unpaired) electrons. The molecule has 0 aliphatic carbocycles. The van der Waals surface area contributed by atoms with Gasteiger partial charge in [-0.3, -0.25) is 5.10 Å². The SMILES string of the molecule is CCOc1cc(/C=C(\Sc2n[nH]c(-c3cc(Cl)ccc3OC)n2)C(=O)O)ccc1OC. The highest BCUT2D eigenvalue weighted by molar-refractivity contribution is 8.04. The van der Waals surface area contributed by atoms with Crippen molar-refractivity contribution in [2.45, 2.75) is 12.1 Å². The molecule has 0 atom stereocenters. The summed E-state index contributed by atoms with van der Waals surface area (Å²) in [6, 6.07) is 10.3. The maximum atomic E-state index is 11.8. The van der Waals surface area contributed by atoms with Gasteiger partial charge in [-0.1, -0.05) is 17.7 Å². The van der Waals surface area contributed by atoms with E-state index in [-0.39, 0.29) is 10.1 Å². The van der Waals surface area contributed by atoms with Crippen LogP contribution in [0.5, 0.6) is 17.2 Å². The van der Waals surface area contributed by atoms with E-state index in [0.29, 0.717) is 45.8 Å². The Morgan fingerprint density at radius 3 is 2.58 bits per heavy atom. The summed E-state index contributed by atoms with van der Waals surface area (Å²) < 4.78 is 16.1. The van der Waals surface area contributed by atoms with E-state index in [2.05, 4.69) is 15.2 Å². The summed E-state index contributed by atoms with van der Waals surface area (Å²) in [7, 11) is 3.08. The number of aliphatic carboxylic acids is 1. The van der Waals surface area contributed by atoms with Crippen molar-refractivity contribution in [2.24, 2.45) is 0 Å². The van der Waals surface area contributed by atoms with E-state index >= 15 is 0 Å². The first-order chi connectivity index (χ1) is 14.9. The number of H-pyrrole nitrogens is 1. The van der Waals surface area contributed by atoms with Crippen LogP contribution in [-0.4, -0.2) is 47.1 Å². The number of rotatable bonds is 9. The highest BCUT2D eigenvalue weighted by Crippen LogP contribution is 2.34. The Bertz CT molecular complexity index is 1120. The second-order valence-corrected chi connectivity index (χ2v) is 7.52. The molecule has 3 rings (SSSR count). The number of benzene rings is 2. The fraction of sp³-hybridized carbons (Fsp3) is 0.190. The van der Waals surface area contributed by atoms with Crippen molar-refractivity contribution in [1.82, 2.24) is 15.2 Å². The molecular weight excluding hydrogens is 442 g/mol. The van der Waals surface area contributed by atoms with Crippen molar-refractivity contribution < 1.29 is 24.1 Å². The number of nitrogens with zero attached hydrogens (tertiary/aromatic N) is 2. The average Bonchev–Trinajstić information content (AvgIpc) is 3.22. The first-order valence-electron chi connectivity index (χ1n) is 9.15. The number of aromatic nitrogens is 3. The number of carboxylic acid groups (broad SMARTS) is 1. The fourth-order valence-corrected chi connectivity index (χ4v) is 3.59. The zero-order valence-corrected chi connectivity index (χ0v) is 18.6. The van der Waals surface area contributed by atoms with Gasteiger partial charge in [0.05, 0.1) is 26.4 Å². The van der Waals surface area contributed by atoms with E-state index in [9.17, 15) is 9.90 Å². The van der Waals surface area contributed by atoms with E-state index in [4.69, 9.17) is 25.8 Å². The average molecular weight is 462 g/mol. The minimum Gasteiger partial charge on any atom is -0.496 e. The predicted molar refractivity (Wildman–Crippen MR) is 119 cm³/mol. The van der Waals surface area contributed by atoms with Gasteiger partial charge < -0.3 is 19.3 Å². The first-order valence-corrected chi connectivity index (χ1v) is 10.3. The van der Waals surface area contributed by atoms with Gasteiger partial charge in [0.1, 0.15) is 10.7 Å². The quantitative estimate of drug-likeness (QED) is 0.347. The Labute approximate surface area is 188 Å². The number of carbonyl (C=O) groups is 1. The zero-order valence-electron chi connectivity index (χ0n) is 17.0. The third-order valence-corrected chi connectivity index (χ3v) is 5.19. The van der Waals surface area contributed by atoms with Gasteiger partial charge in [0.25, 0.3) is 0 Å². The standard InChI is InChI=1S/C21H20ClN3O5S/c1-4-30-17-9-12(5-7-16(17)29-3)10-18(20(26)27)31-21-23-19(24-25-21)14-11-13(22)6-8-15(14)28-2/h5-11H,4H2,1-3H3,(H,26,27)(H,23,24,25)/b18-10-. The topological polar surface area (TPSA) is 107 Å². The Kier molecular flexibility index (Phi) is 7.43. The molecule has 0 aliphatic heterocycles. The summed E-state index contributed by atoms with van der Waals surface area (Å²) in [5, 5.41) is 17.3. The van der Waals surface area contributed by atoms with Crippen LogP contribution in [0.1, 0.15) is 12.5 Å². The number of carboxylic acids is 1. The molecule has 2 N–H and O–H groups in total. The second kappa shape index (κ2) is 10.2. The van der Waals surface area contributed by atoms with E-state index in [0.717, 1.165) is 11.8 Å². The molecule has 10 heteroatoms. The van der Waals surface area contributed by atoms with E-state index in [1.54, 1.807) is 43.5 Å². The van der Waals surface area contributed by atoms with Gasteiger partial charge >= 0.3 is 5.97 Å². The van der Waals surface area contributed by atoms with Gasteiger partial charge in [0.2, 0.25) is 5.16 Å². The van der Waals surface area contributed by atoms with Crippen LogP contribution in [0, 0.1) is 0 Å². The van der Waals surface area contributed by atoms with Gasteiger partial charge in [-0.05, 0) is 60.7 Å². The normalized spacial score (nSPS) is 11.3. The van der Waals surface area contributed by atoms with Crippen LogP contribution in [0.15, 0.2) is 46.5 Å². The van der Waals surface area contributed by atoms with Crippen LogP contribution in [0.4, 0.5) is 0 Å². The van der Waals surface area contributed by atoms with Crippen LogP contribution in [0.2, 0.25) is 5.02 Å². The molecule has 0 bridgehead atoms. The van der Waals surface area contributed by atoms with Gasteiger partial charge in [0, 0.05) is 5.02 Å². The number of halogens is 1. The second-order valence-electron chi connectivity index (χ2n) is 6.07. The lowest BCUT2D eigenvalue weighted by atomic mass is 10.2. The number of aromatic amines is 1. The molecule has 0 amide bonds. The van der Waals surface area contributed by atoms with Crippen LogP contribution in [0.25, 0.3) is 17.5 Å². The molecule has 8 nitrogen and oxygen atoms in total. The molecule has 1 aromatic heterocycles. The third-order valence-electron chi connectivity index (χ3n) is 4.08. The van der Waals surface area contributed by atoms with Gasteiger partial charge in [-0.25, -0.2) is 9.78 Å². The van der Waals surface area contributed by atoms with Crippen LogP contribution in [0.3, 0.4) is 0 Å². The molecule has 1 heterocycles. The number of hydrogen-bond acceptors (Lipinski definition) is 7. The number of ether oxygens (including phenoxy) is 3. The lowest BCUT2D eigenvalue weighted by molar-refractivity contribution is -0.131. The Hall–Kier alpha value is -3.17. The summed E-state index contributed by atoms with van der Waals surface area (Å²) in [6.45, 7) is 2.31. The van der Waals surface area contributed by atoms with Crippen LogP contribution in [-0.2, 0) is 4.79 Å². The molecule has 0 fully saturated rings. The molecule has 162 valence electrons. The van der Waals surface area contributed by atoms with Crippen molar-refractivity contribution >= 4 is 35.4 Å². The molecular formula is C21H20ClN3O5S. The lowest BCUT2D eigenvalue weighted by Gasteiger charge is -2.10. The largest absolute Gasteiger partial charge is 0.496 e. The molecule has 0 spiro atoms. The van der Waals surface area contributed by atoms with Crippen molar-refractivity contribution in [2.75, 3.05) is 20.8 Å². The monoisotopic (exact) mass is 461 g/mol. The summed E-state index contributed by atoms with van der Waals surface area (Å²) in [5.41, 5.74) is 1.26. The molecule has 0 unspecified atom stereocenters. The summed E-state index contributed by atoms with van der Waals surface area (Å²) in [6.07, 6.45) is 1.52. The van der Waals surface area contributed by atoms with Crippen molar-refractivity contribution in [3.63, 3.8) is 0 Å². The van der Waals surface area contributed by atoms with Crippen LogP contribution < -0.4 is 14.2 Å². The summed E-state index contributed by atoms with van der Waals surface area (Å²) in [4.78, 5) is 16.2. The van der Waals surface area contributed by atoms with E-state index < -0.39 is 5.97 Å². The van der Waals surface area contributed by atoms with E-state index in [1.165, 1.54) is 13.2 Å². The molecule has 0 saturated heterocycles. The van der Waals surface area contributed by atoms with Crippen LogP contribution >= 0.6 is 23.4 Å². The molecule has 3 aromatic rings. The smallest absolute Gasteiger partial charge is 0.342 e. The number of thioether (sulfide) groups is 1. The van der Waals surface area contributed by atoms with Crippen molar-refractivity contribution in [3.05, 3.63) is 51.9 Å². The predicted octanol–water partition coefficient (Wildman–Crippen LogP) is 4.76. The minimum atomic E-state index is -1.11. The van der Waals surface area contributed by atoms with Gasteiger partial charge in [-0.2, -0.15) is 0 Å². The highest BCUT2D eigenvalue weighted by atomic mass is 35.5. The maximum Gasteiger partial charge on any atom is 0.342 e. The van der Waals surface area contributed by atoms with E-state index in [1.807, 2.05) is 6.92 Å². The Morgan fingerprint density at radius 2 is 1.90 bits per heavy atom. The van der Waals surface area contributed by atoms with Gasteiger partial charge in [-0.15, -0.1) is 5.10 Å². The Balaban J connectivity index is 1.89. The summed E-state index contributed by atoms with van der Waals surface area (Å²) in [5.74, 6) is 0.965. The number of hydrogen-bond donors (Lipinski definition) is 2. The highest BCUT2D eigenvalue weighted by Gasteiger charge is 2.17. The minimum absolute atomic E-state index is 0.0382. The maximum absolute atomic E-state index is 11.8. The molecule has 0 aliphatic rings. The zero-order chi connectivity index (χ0) is 22.4. The fourth-order valence-electron chi connectivity index (χ4n) is 2.71. The summed E-state index contributed by atoms with van der Waals surface area (Å²) >= 11 is 6.99. The molecule has 2 aromatic carbocycles. The lowest BCUT2D eigenvalue weighted by Crippen LogP contribution is -1.98. The van der Waals surface area contributed by atoms with Crippen molar-refractivity contribution in [1.29, 1.82) is 0 Å². The van der Waals surface area contributed by atoms with Gasteiger partial charge in [0.15, 0.2) is 17.3 Å².